The third kappa shape index (κ3) is 12.2. The number of benzene rings is 2. The molecule has 1 aliphatic carbocycles. The second-order valence-electron chi connectivity index (χ2n) is 13.2. The number of hydrogen-bond acceptors (Lipinski definition) is 8. The van der Waals surface area contributed by atoms with Crippen LogP contribution in [-0.4, -0.2) is 88.7 Å². The van der Waals surface area contributed by atoms with Crippen LogP contribution in [0, 0.1) is 18.8 Å². The number of phenolic OH excluding ortho intramolecular Hbond substituents is 1. The molecule has 0 spiro atoms. The summed E-state index contributed by atoms with van der Waals surface area (Å²) in [4.78, 5) is 30.0. The van der Waals surface area contributed by atoms with Crippen molar-refractivity contribution in [3.05, 3.63) is 59.7 Å². The van der Waals surface area contributed by atoms with Crippen molar-refractivity contribution in [2.24, 2.45) is 11.8 Å². The number of rotatable bonds is 9. The lowest BCUT2D eigenvalue weighted by Gasteiger charge is -2.47. The van der Waals surface area contributed by atoms with Crippen LogP contribution in [0.5, 0.6) is 5.75 Å². The number of fused-ring (bicyclic) bond motifs is 1. The fraction of sp³-hybridized carbons (Fsp3) is 0.576. The lowest BCUT2D eigenvalue weighted by molar-refractivity contribution is -0.132. The van der Waals surface area contributed by atoms with E-state index in [4.69, 9.17) is 4.55 Å². The van der Waals surface area contributed by atoms with Gasteiger partial charge in [-0.25, -0.2) is 0 Å². The number of amides is 2. The third-order valence-corrected chi connectivity index (χ3v) is 9.36. The Hall–Kier alpha value is -2.64. The highest BCUT2D eigenvalue weighted by Gasteiger charge is 2.41. The zero-order valence-electron chi connectivity index (χ0n) is 26.9. The Labute approximate surface area is 272 Å². The van der Waals surface area contributed by atoms with Gasteiger partial charge in [-0.1, -0.05) is 43.5 Å². The molecule has 45 heavy (non-hydrogen) atoms. The molecule has 2 aromatic rings. The van der Waals surface area contributed by atoms with Gasteiger partial charge in [0.05, 0.1) is 24.4 Å². The molecule has 2 aliphatic rings. The topological polar surface area (TPSA) is 156 Å². The molecule has 5 N–H and O–H groups in total. The highest BCUT2D eigenvalue weighted by Crippen LogP contribution is 2.39. The summed E-state index contributed by atoms with van der Waals surface area (Å²) in [6, 6.07) is 13.9. The normalized spacial score (nSPS) is 21.8. The van der Waals surface area contributed by atoms with E-state index in [1.807, 2.05) is 51.1 Å². The van der Waals surface area contributed by atoms with E-state index in [1.165, 1.54) is 12.8 Å². The molecule has 1 unspecified atom stereocenters. The Balaban J connectivity index is 0.00000102. The van der Waals surface area contributed by atoms with Crippen molar-refractivity contribution < 1.29 is 32.8 Å². The first-order valence-electron chi connectivity index (χ1n) is 15.5. The highest BCUT2D eigenvalue weighted by atomic mass is 32.2. The molecule has 0 bridgehead atoms. The van der Waals surface area contributed by atoms with Gasteiger partial charge >= 0.3 is 0 Å². The number of aromatic hydroxyl groups is 1. The Morgan fingerprint density at radius 2 is 1.67 bits per heavy atom. The molecule has 250 valence electrons. The van der Waals surface area contributed by atoms with Crippen LogP contribution < -0.4 is 10.6 Å². The molecule has 2 aromatic carbocycles. The van der Waals surface area contributed by atoms with E-state index in [2.05, 4.69) is 15.5 Å². The van der Waals surface area contributed by atoms with Gasteiger partial charge in [-0.15, -0.1) is 11.8 Å². The molecule has 1 saturated heterocycles. The average Bonchev–Trinajstić information content (AvgIpc) is 2.95. The third-order valence-electron chi connectivity index (χ3n) is 8.23. The summed E-state index contributed by atoms with van der Waals surface area (Å²) in [5.41, 5.74) is 0.543. The van der Waals surface area contributed by atoms with Gasteiger partial charge in [0.25, 0.3) is 16.0 Å². The zero-order valence-corrected chi connectivity index (χ0v) is 28.5. The van der Waals surface area contributed by atoms with Gasteiger partial charge in [-0.2, -0.15) is 8.42 Å². The van der Waals surface area contributed by atoms with Crippen LogP contribution in [0.1, 0.15) is 68.8 Å². The van der Waals surface area contributed by atoms with Crippen molar-refractivity contribution >= 4 is 33.7 Å². The number of hydrogen-bond donors (Lipinski definition) is 5. The lowest BCUT2D eigenvalue weighted by atomic mass is 9.72. The number of likely N-dealkylation sites (tertiary alicyclic amines) is 1. The summed E-state index contributed by atoms with van der Waals surface area (Å²) >= 11 is 1.57. The number of aliphatic hydroxyl groups excluding tert-OH is 1. The molecule has 0 aromatic heterocycles. The van der Waals surface area contributed by atoms with E-state index in [0.29, 0.717) is 41.5 Å². The molecule has 2 amide bonds. The van der Waals surface area contributed by atoms with Gasteiger partial charge in [0.15, 0.2) is 0 Å². The second-order valence-corrected chi connectivity index (χ2v) is 15.8. The first-order valence-corrected chi connectivity index (χ1v) is 18.3. The van der Waals surface area contributed by atoms with Gasteiger partial charge in [0, 0.05) is 40.4 Å². The molecule has 2 fully saturated rings. The predicted molar refractivity (Wildman–Crippen MR) is 178 cm³/mol. The van der Waals surface area contributed by atoms with Gasteiger partial charge < -0.3 is 20.8 Å². The van der Waals surface area contributed by atoms with Crippen molar-refractivity contribution in [1.82, 2.24) is 15.5 Å². The first kappa shape index (κ1) is 36.8. The van der Waals surface area contributed by atoms with E-state index in [9.17, 15) is 28.2 Å². The molecule has 1 heterocycles. The van der Waals surface area contributed by atoms with Crippen LogP contribution in [0.4, 0.5) is 0 Å². The molecule has 0 radical (unpaired) electrons. The summed E-state index contributed by atoms with van der Waals surface area (Å²) in [5.74, 6) is 1.27. The monoisotopic (exact) mass is 663 g/mol. The van der Waals surface area contributed by atoms with Crippen LogP contribution in [0.15, 0.2) is 53.4 Å². The van der Waals surface area contributed by atoms with Crippen LogP contribution >= 0.6 is 11.8 Å². The number of carbonyl (C=O) groups is 2. The summed E-state index contributed by atoms with van der Waals surface area (Å²) in [7, 11) is -3.67. The number of nitrogens with zero attached hydrogens (tertiary/aromatic N) is 1. The number of β-amino-alcohol motifs (C(OH)–C–C–N with tert-alkyl or cyclic N) is 1. The van der Waals surface area contributed by atoms with E-state index < -0.39 is 22.3 Å². The maximum Gasteiger partial charge on any atom is 0.261 e. The van der Waals surface area contributed by atoms with Crippen molar-refractivity contribution in [3.63, 3.8) is 0 Å². The number of aliphatic hydroxyl groups is 1. The Morgan fingerprint density at radius 1 is 1.04 bits per heavy atom. The summed E-state index contributed by atoms with van der Waals surface area (Å²) < 4.78 is 25.9. The minimum absolute atomic E-state index is 0.0124. The van der Waals surface area contributed by atoms with E-state index in [1.54, 1.807) is 36.9 Å². The van der Waals surface area contributed by atoms with Gasteiger partial charge in [0.1, 0.15) is 5.75 Å². The molecule has 10 nitrogen and oxygen atoms in total. The van der Waals surface area contributed by atoms with Crippen molar-refractivity contribution in [2.45, 2.75) is 88.4 Å². The zero-order chi connectivity index (χ0) is 33.4. The molecule has 4 rings (SSSR count). The number of nitrogens with one attached hydrogen (secondary N) is 2. The van der Waals surface area contributed by atoms with Crippen LogP contribution in [-0.2, 0) is 14.9 Å². The maximum absolute atomic E-state index is 13.5. The molecular weight excluding hydrogens is 615 g/mol. The second kappa shape index (κ2) is 16.3. The van der Waals surface area contributed by atoms with Crippen LogP contribution in [0.2, 0.25) is 0 Å². The number of carbonyl (C=O) groups excluding carboxylic acids is 2. The number of thioether (sulfide) groups is 1. The molecule has 1 aliphatic heterocycles. The standard InChI is InChI=1S/C32H45N3O4S.CH4O3S/c1-21-25(15-10-16-28(21)36)30(38)33-26(20-40-24-13-6-5-7-14-24)29(37)19-35-18-23-12-9-8-11-22(23)17-27(35)31(39)34-32(2,3)4;1-5(2,3)4/h5-7,10,13-16,22-23,26-27,29,36-37H,8-9,11-12,17-20H2,1-4H3,(H,33,38)(H,34,39);1H3,(H,2,3,4)/t22-,23+,26-,27-,29?;/m0./s1. The Kier molecular flexibility index (Phi) is 13.3. The predicted octanol–water partition coefficient (Wildman–Crippen LogP) is 4.25. The quantitative estimate of drug-likeness (QED) is 0.196. The fourth-order valence-corrected chi connectivity index (χ4v) is 7.09. The fourth-order valence-electron chi connectivity index (χ4n) is 6.06. The summed E-state index contributed by atoms with van der Waals surface area (Å²) in [6.45, 7) is 8.76. The Morgan fingerprint density at radius 3 is 2.29 bits per heavy atom. The van der Waals surface area contributed by atoms with Crippen molar-refractivity contribution in [3.8, 4) is 5.75 Å². The summed E-state index contributed by atoms with van der Waals surface area (Å²) in [6.07, 6.45) is 5.39. The maximum atomic E-state index is 13.5. The first-order chi connectivity index (χ1) is 21.0. The molecule has 5 atom stereocenters. The Bertz CT molecular complexity index is 1370. The molecular formula is C33H49N3O7S2. The number of piperidine rings is 1. The SMILES string of the molecule is CS(=O)(=O)O.Cc1c(O)cccc1C(=O)N[C@@H](CSc1ccccc1)C(O)CN1C[C@H]2CCCC[C@H]2C[C@H]1C(=O)NC(C)(C)C. The smallest absolute Gasteiger partial charge is 0.261 e. The molecule has 1 saturated carbocycles. The number of phenols is 1. The van der Waals surface area contributed by atoms with Crippen LogP contribution in [0.25, 0.3) is 0 Å². The van der Waals surface area contributed by atoms with Gasteiger partial charge in [-0.05, 0) is 76.6 Å². The van der Waals surface area contributed by atoms with E-state index >= 15 is 0 Å². The van der Waals surface area contributed by atoms with Gasteiger partial charge in [0.2, 0.25) is 5.91 Å². The van der Waals surface area contributed by atoms with Crippen molar-refractivity contribution in [1.29, 1.82) is 0 Å². The highest BCUT2D eigenvalue weighted by molar-refractivity contribution is 7.99. The largest absolute Gasteiger partial charge is 0.508 e. The summed E-state index contributed by atoms with van der Waals surface area (Å²) in [5, 5.41) is 28.0. The van der Waals surface area contributed by atoms with Gasteiger partial charge in [-0.3, -0.25) is 19.0 Å². The van der Waals surface area contributed by atoms with E-state index in [0.717, 1.165) is 30.7 Å². The lowest BCUT2D eigenvalue weighted by Crippen LogP contribution is -2.60. The molecule has 12 heteroatoms. The minimum Gasteiger partial charge on any atom is -0.508 e. The minimum atomic E-state index is -3.67. The van der Waals surface area contributed by atoms with E-state index in [-0.39, 0.29) is 29.1 Å². The van der Waals surface area contributed by atoms with Crippen molar-refractivity contribution in [2.75, 3.05) is 25.1 Å². The average molecular weight is 664 g/mol. The van der Waals surface area contributed by atoms with Crippen LogP contribution in [0.3, 0.4) is 0 Å².